The Bertz CT molecular complexity index is 1350. The Kier molecular flexibility index (Phi) is 5.18. The fourth-order valence-electron chi connectivity index (χ4n) is 4.32. The molecule has 0 radical (unpaired) electrons. The second kappa shape index (κ2) is 8.31. The molecule has 1 aromatic heterocycles. The highest BCUT2D eigenvalue weighted by Gasteiger charge is 2.41. The lowest BCUT2D eigenvalue weighted by molar-refractivity contribution is -0.119. The summed E-state index contributed by atoms with van der Waals surface area (Å²) >= 11 is 0. The third-order valence-corrected chi connectivity index (χ3v) is 5.78. The number of anilines is 1. The van der Waals surface area contributed by atoms with Gasteiger partial charge in [-0.15, -0.1) is 0 Å². The number of carbonyl (C=O) groups excluding carboxylic acids is 2. The van der Waals surface area contributed by atoms with Crippen LogP contribution in [0, 0.1) is 0 Å². The first kappa shape index (κ1) is 20.6. The fraction of sp³-hybridized carbons (Fsp3) is 0.160. The molecular formula is C25H22N4O4. The first-order valence-electron chi connectivity index (χ1n) is 10.5. The van der Waals surface area contributed by atoms with E-state index in [2.05, 4.69) is 15.6 Å². The minimum atomic E-state index is -0.927. The Morgan fingerprint density at radius 3 is 2.48 bits per heavy atom. The van der Waals surface area contributed by atoms with Crippen molar-refractivity contribution in [2.45, 2.75) is 12.1 Å². The van der Waals surface area contributed by atoms with Crippen LogP contribution in [0.15, 0.2) is 72.8 Å². The number of amides is 2. The molecular weight excluding hydrogens is 420 g/mol. The first-order chi connectivity index (χ1) is 16.1. The lowest BCUT2D eigenvalue weighted by Gasteiger charge is -2.34. The Morgan fingerprint density at radius 1 is 0.970 bits per heavy atom. The standard InChI is InChI=1S/C25H22N4O4/c1-32-19-14-8-11-16(22(19)33-2)21-20(27-23(30)15-9-4-3-5-10-15)24(31)28-25-26-17-12-6-7-13-18(17)29(21)25/h3-14,20-21H,1-2H3,(H,27,30)(H,26,28,31). The maximum absolute atomic E-state index is 13.3. The number of carbonyl (C=O) groups is 2. The number of ether oxygens (including phenoxy) is 2. The Balaban J connectivity index is 1.70. The van der Waals surface area contributed by atoms with Crippen LogP contribution in [-0.4, -0.2) is 41.6 Å². The molecule has 0 saturated carbocycles. The average molecular weight is 442 g/mol. The van der Waals surface area contributed by atoms with E-state index in [4.69, 9.17) is 9.47 Å². The zero-order chi connectivity index (χ0) is 22.9. The molecule has 5 rings (SSSR count). The topological polar surface area (TPSA) is 94.5 Å². The van der Waals surface area contributed by atoms with Gasteiger partial charge in [0.1, 0.15) is 6.04 Å². The average Bonchev–Trinajstić information content (AvgIpc) is 3.22. The summed E-state index contributed by atoms with van der Waals surface area (Å²) in [5.74, 6) is 0.705. The van der Waals surface area contributed by atoms with Crippen LogP contribution >= 0.6 is 0 Å². The van der Waals surface area contributed by atoms with E-state index in [1.165, 1.54) is 0 Å². The minimum absolute atomic E-state index is 0.351. The molecule has 2 amide bonds. The number of para-hydroxylation sites is 3. The molecule has 166 valence electrons. The summed E-state index contributed by atoms with van der Waals surface area (Å²) in [6, 6.07) is 20.3. The molecule has 4 aromatic rings. The first-order valence-corrected chi connectivity index (χ1v) is 10.5. The van der Waals surface area contributed by atoms with Crippen LogP contribution < -0.4 is 20.1 Å². The largest absolute Gasteiger partial charge is 0.493 e. The van der Waals surface area contributed by atoms with E-state index in [1.807, 2.05) is 47.0 Å². The molecule has 8 nitrogen and oxygen atoms in total. The van der Waals surface area contributed by atoms with E-state index in [0.717, 1.165) is 11.0 Å². The number of nitrogens with zero attached hydrogens (tertiary/aromatic N) is 2. The molecule has 2 unspecified atom stereocenters. The molecule has 1 aliphatic heterocycles. The molecule has 0 aliphatic carbocycles. The van der Waals surface area contributed by atoms with E-state index < -0.39 is 12.1 Å². The summed E-state index contributed by atoms with van der Waals surface area (Å²) < 4.78 is 13.1. The lowest BCUT2D eigenvalue weighted by atomic mass is 9.94. The number of nitrogens with one attached hydrogen (secondary N) is 2. The number of hydrogen-bond donors (Lipinski definition) is 2. The van der Waals surface area contributed by atoms with Crippen molar-refractivity contribution in [3.05, 3.63) is 83.9 Å². The van der Waals surface area contributed by atoms with Gasteiger partial charge in [-0.1, -0.05) is 42.5 Å². The van der Waals surface area contributed by atoms with E-state index in [0.29, 0.717) is 28.6 Å². The molecule has 2 atom stereocenters. The third kappa shape index (κ3) is 3.45. The van der Waals surface area contributed by atoms with Crippen molar-refractivity contribution in [1.29, 1.82) is 0 Å². The predicted octanol–water partition coefficient (Wildman–Crippen LogP) is 3.39. The number of hydrogen-bond acceptors (Lipinski definition) is 5. The summed E-state index contributed by atoms with van der Waals surface area (Å²) in [5, 5.41) is 5.77. The summed E-state index contributed by atoms with van der Waals surface area (Å²) in [5.41, 5.74) is 2.70. The molecule has 1 aliphatic rings. The molecule has 3 aromatic carbocycles. The zero-order valence-electron chi connectivity index (χ0n) is 18.1. The second-order valence-corrected chi connectivity index (χ2v) is 7.63. The molecule has 33 heavy (non-hydrogen) atoms. The quantitative estimate of drug-likeness (QED) is 0.494. The highest BCUT2D eigenvalue weighted by atomic mass is 16.5. The summed E-state index contributed by atoms with van der Waals surface area (Å²) in [7, 11) is 3.11. The van der Waals surface area contributed by atoms with Crippen LogP contribution in [0.1, 0.15) is 22.0 Å². The van der Waals surface area contributed by atoms with Crippen molar-refractivity contribution < 1.29 is 19.1 Å². The van der Waals surface area contributed by atoms with Crippen molar-refractivity contribution in [3.63, 3.8) is 0 Å². The normalized spacial score (nSPS) is 17.2. The zero-order valence-corrected chi connectivity index (χ0v) is 18.1. The molecule has 0 saturated heterocycles. The maximum Gasteiger partial charge on any atom is 0.251 e. The SMILES string of the molecule is COc1cccc(C2C(NC(=O)c3ccccc3)C(=O)Nc3nc4ccccc4n32)c1OC. The highest BCUT2D eigenvalue weighted by molar-refractivity contribution is 6.03. The van der Waals surface area contributed by atoms with Gasteiger partial charge in [0.25, 0.3) is 11.8 Å². The molecule has 0 fully saturated rings. The third-order valence-electron chi connectivity index (χ3n) is 5.78. The van der Waals surface area contributed by atoms with E-state index >= 15 is 0 Å². The smallest absolute Gasteiger partial charge is 0.251 e. The van der Waals surface area contributed by atoms with Crippen molar-refractivity contribution in [3.8, 4) is 11.5 Å². The molecule has 0 bridgehead atoms. The predicted molar refractivity (Wildman–Crippen MR) is 124 cm³/mol. The Morgan fingerprint density at radius 2 is 1.73 bits per heavy atom. The van der Waals surface area contributed by atoms with Crippen molar-refractivity contribution in [2.24, 2.45) is 0 Å². The van der Waals surface area contributed by atoms with Gasteiger partial charge in [0.2, 0.25) is 5.95 Å². The number of rotatable bonds is 5. The van der Waals surface area contributed by atoms with Gasteiger partial charge in [0.05, 0.1) is 31.3 Å². The highest BCUT2D eigenvalue weighted by Crippen LogP contribution is 2.42. The van der Waals surface area contributed by atoms with Crippen molar-refractivity contribution in [1.82, 2.24) is 14.9 Å². The fourth-order valence-corrected chi connectivity index (χ4v) is 4.32. The van der Waals surface area contributed by atoms with Crippen LogP contribution in [0.3, 0.4) is 0 Å². The number of aromatic nitrogens is 2. The van der Waals surface area contributed by atoms with Crippen LogP contribution in [0.4, 0.5) is 5.95 Å². The second-order valence-electron chi connectivity index (χ2n) is 7.63. The Hall–Kier alpha value is -4.33. The van der Waals surface area contributed by atoms with Gasteiger partial charge in [-0.3, -0.25) is 19.5 Å². The Labute approximate surface area is 190 Å². The van der Waals surface area contributed by atoms with Crippen LogP contribution in [0.5, 0.6) is 11.5 Å². The molecule has 0 spiro atoms. The number of benzene rings is 3. The van der Waals surface area contributed by atoms with Gasteiger partial charge >= 0.3 is 0 Å². The van der Waals surface area contributed by atoms with Crippen LogP contribution in [0.25, 0.3) is 11.0 Å². The van der Waals surface area contributed by atoms with Crippen LogP contribution in [-0.2, 0) is 4.79 Å². The summed E-state index contributed by atoms with van der Waals surface area (Å²) in [6.07, 6.45) is 0. The number of imidazole rings is 1. The van der Waals surface area contributed by atoms with Gasteiger partial charge in [-0.05, 0) is 30.3 Å². The monoisotopic (exact) mass is 442 g/mol. The van der Waals surface area contributed by atoms with Gasteiger partial charge in [-0.25, -0.2) is 4.98 Å². The van der Waals surface area contributed by atoms with Gasteiger partial charge < -0.3 is 14.8 Å². The molecule has 2 heterocycles. The lowest BCUT2D eigenvalue weighted by Crippen LogP contribution is -2.52. The number of fused-ring (bicyclic) bond motifs is 3. The van der Waals surface area contributed by atoms with Crippen molar-refractivity contribution >= 4 is 28.8 Å². The summed E-state index contributed by atoms with van der Waals surface area (Å²) in [4.78, 5) is 30.9. The van der Waals surface area contributed by atoms with Gasteiger partial charge in [0.15, 0.2) is 11.5 Å². The van der Waals surface area contributed by atoms with E-state index in [-0.39, 0.29) is 11.8 Å². The molecule has 8 heteroatoms. The van der Waals surface area contributed by atoms with Gasteiger partial charge in [0, 0.05) is 11.1 Å². The van der Waals surface area contributed by atoms with Gasteiger partial charge in [-0.2, -0.15) is 0 Å². The minimum Gasteiger partial charge on any atom is -0.493 e. The van der Waals surface area contributed by atoms with E-state index in [1.54, 1.807) is 44.6 Å². The maximum atomic E-state index is 13.3. The molecule has 2 N–H and O–H groups in total. The summed E-state index contributed by atoms with van der Waals surface area (Å²) in [6.45, 7) is 0. The van der Waals surface area contributed by atoms with Crippen molar-refractivity contribution in [2.75, 3.05) is 19.5 Å². The van der Waals surface area contributed by atoms with Crippen LogP contribution in [0.2, 0.25) is 0 Å². The van der Waals surface area contributed by atoms with E-state index in [9.17, 15) is 9.59 Å². The number of methoxy groups -OCH3 is 2.